The zero-order valence-electron chi connectivity index (χ0n) is 18.4. The summed E-state index contributed by atoms with van der Waals surface area (Å²) in [6.07, 6.45) is 6.10. The first-order chi connectivity index (χ1) is 13.4. The van der Waals surface area contributed by atoms with Crippen molar-refractivity contribution in [3.63, 3.8) is 0 Å². The van der Waals surface area contributed by atoms with Crippen LogP contribution < -0.4 is 0 Å². The van der Waals surface area contributed by atoms with Gasteiger partial charge in [0.15, 0.2) is 0 Å². The third-order valence-corrected chi connectivity index (χ3v) is 6.87. The Morgan fingerprint density at radius 1 is 0.857 bits per heavy atom. The monoisotopic (exact) mass is 370 g/mol. The van der Waals surface area contributed by atoms with Gasteiger partial charge in [-0.1, -0.05) is 75.7 Å². The Bertz CT molecular complexity index is 966. The van der Waals surface area contributed by atoms with Gasteiger partial charge in [-0.3, -0.25) is 0 Å². The second kappa shape index (κ2) is 7.39. The van der Waals surface area contributed by atoms with Crippen molar-refractivity contribution in [1.29, 1.82) is 0 Å². The molecule has 0 amide bonds. The van der Waals surface area contributed by atoms with Gasteiger partial charge in [0, 0.05) is 5.92 Å². The first kappa shape index (κ1) is 19.2. The molecule has 0 saturated heterocycles. The zero-order chi connectivity index (χ0) is 20.0. The van der Waals surface area contributed by atoms with E-state index in [9.17, 15) is 0 Å². The van der Waals surface area contributed by atoms with Crippen molar-refractivity contribution >= 4 is 11.1 Å². The predicted molar refractivity (Wildman–Crippen MR) is 123 cm³/mol. The minimum absolute atomic E-state index is 0.572. The topological polar surface area (TPSA) is 0 Å². The SMILES string of the molecule is CC1=CC(CCC2=C(C)c3c(cccc3C(C)C)C2)c2cccc(C(C)C)c21. The first-order valence-corrected chi connectivity index (χ1v) is 11.0. The molecular formula is C28H34. The molecule has 2 aromatic carbocycles. The lowest BCUT2D eigenvalue weighted by molar-refractivity contribution is 0.730. The van der Waals surface area contributed by atoms with Crippen molar-refractivity contribution in [3.8, 4) is 0 Å². The van der Waals surface area contributed by atoms with Gasteiger partial charge in [-0.05, 0) is 89.5 Å². The van der Waals surface area contributed by atoms with Gasteiger partial charge in [-0.15, -0.1) is 0 Å². The molecule has 0 radical (unpaired) electrons. The van der Waals surface area contributed by atoms with Crippen molar-refractivity contribution in [1.82, 2.24) is 0 Å². The Hall–Kier alpha value is -2.08. The molecule has 146 valence electrons. The summed E-state index contributed by atoms with van der Waals surface area (Å²) < 4.78 is 0. The molecule has 0 heterocycles. The van der Waals surface area contributed by atoms with Crippen LogP contribution in [0.4, 0.5) is 0 Å². The molecule has 1 atom stereocenters. The fourth-order valence-corrected chi connectivity index (χ4v) is 5.40. The Morgan fingerprint density at radius 2 is 1.50 bits per heavy atom. The lowest BCUT2D eigenvalue weighted by Gasteiger charge is -2.16. The van der Waals surface area contributed by atoms with Gasteiger partial charge >= 0.3 is 0 Å². The molecule has 0 heteroatoms. The van der Waals surface area contributed by atoms with Crippen LogP contribution >= 0.6 is 0 Å². The molecule has 0 spiro atoms. The van der Waals surface area contributed by atoms with E-state index < -0.39 is 0 Å². The highest BCUT2D eigenvalue weighted by Crippen LogP contribution is 2.44. The molecule has 0 nitrogen and oxygen atoms in total. The van der Waals surface area contributed by atoms with E-state index in [0.29, 0.717) is 17.8 Å². The Balaban J connectivity index is 1.58. The van der Waals surface area contributed by atoms with E-state index in [-0.39, 0.29) is 0 Å². The van der Waals surface area contributed by atoms with Gasteiger partial charge < -0.3 is 0 Å². The number of hydrogen-bond donors (Lipinski definition) is 0. The Morgan fingerprint density at radius 3 is 2.18 bits per heavy atom. The molecule has 2 aliphatic carbocycles. The largest absolute Gasteiger partial charge is 0.0734 e. The van der Waals surface area contributed by atoms with Crippen LogP contribution in [-0.2, 0) is 6.42 Å². The number of rotatable bonds is 5. The van der Waals surface area contributed by atoms with E-state index in [1.165, 1.54) is 35.1 Å². The normalized spacial score (nSPS) is 18.1. The van der Waals surface area contributed by atoms with Crippen LogP contribution in [0.15, 0.2) is 48.0 Å². The summed E-state index contributed by atoms with van der Waals surface area (Å²) in [4.78, 5) is 0. The van der Waals surface area contributed by atoms with E-state index in [1.54, 1.807) is 27.8 Å². The molecule has 0 fully saturated rings. The zero-order valence-corrected chi connectivity index (χ0v) is 18.4. The van der Waals surface area contributed by atoms with Gasteiger partial charge in [0.05, 0.1) is 0 Å². The van der Waals surface area contributed by atoms with Crippen LogP contribution in [0.5, 0.6) is 0 Å². The molecule has 0 bridgehead atoms. The van der Waals surface area contributed by atoms with E-state index >= 15 is 0 Å². The van der Waals surface area contributed by atoms with Crippen molar-refractivity contribution in [3.05, 3.63) is 81.4 Å². The first-order valence-electron chi connectivity index (χ1n) is 11.0. The maximum absolute atomic E-state index is 2.52. The van der Waals surface area contributed by atoms with Gasteiger partial charge in [0.1, 0.15) is 0 Å². The van der Waals surface area contributed by atoms with E-state index in [2.05, 4.69) is 84.0 Å². The maximum atomic E-state index is 2.52. The van der Waals surface area contributed by atoms with Crippen molar-refractivity contribution in [2.24, 2.45) is 0 Å². The Labute approximate surface area is 171 Å². The van der Waals surface area contributed by atoms with Gasteiger partial charge in [-0.2, -0.15) is 0 Å². The molecule has 28 heavy (non-hydrogen) atoms. The quantitative estimate of drug-likeness (QED) is 0.497. The van der Waals surface area contributed by atoms with Crippen LogP contribution in [0, 0.1) is 0 Å². The molecule has 0 aliphatic heterocycles. The average molecular weight is 371 g/mol. The van der Waals surface area contributed by atoms with Crippen LogP contribution in [0.3, 0.4) is 0 Å². The lowest BCUT2D eigenvalue weighted by atomic mass is 9.88. The van der Waals surface area contributed by atoms with E-state index in [0.717, 1.165) is 6.42 Å². The van der Waals surface area contributed by atoms with E-state index in [1.807, 2.05) is 0 Å². The standard InChI is InChI=1S/C28H34/c1-17(2)24-11-8-12-26-22(15-19(5)27(24)26)14-13-21-16-23-9-7-10-25(18(3)4)28(23)20(21)6/h7-12,15,17-18,22H,13-14,16H2,1-6H3. The van der Waals surface area contributed by atoms with Gasteiger partial charge in [0.2, 0.25) is 0 Å². The van der Waals surface area contributed by atoms with Crippen molar-refractivity contribution < 1.29 is 0 Å². The number of hydrogen-bond acceptors (Lipinski definition) is 0. The Kier molecular flexibility index (Phi) is 5.08. The molecule has 0 saturated carbocycles. The minimum atomic E-state index is 0.572. The molecule has 0 N–H and O–H groups in total. The lowest BCUT2D eigenvalue weighted by Crippen LogP contribution is -1.99. The minimum Gasteiger partial charge on any atom is -0.0734 e. The van der Waals surface area contributed by atoms with Crippen molar-refractivity contribution in [2.75, 3.05) is 0 Å². The summed E-state index contributed by atoms with van der Waals surface area (Å²) in [5.41, 5.74) is 13.9. The highest BCUT2D eigenvalue weighted by Gasteiger charge is 2.26. The molecule has 4 rings (SSSR count). The third kappa shape index (κ3) is 3.17. The van der Waals surface area contributed by atoms with Gasteiger partial charge in [-0.25, -0.2) is 0 Å². The predicted octanol–water partition coefficient (Wildman–Crippen LogP) is 8.24. The van der Waals surface area contributed by atoms with Crippen LogP contribution in [0.2, 0.25) is 0 Å². The molecule has 0 aromatic heterocycles. The highest BCUT2D eigenvalue weighted by molar-refractivity contribution is 5.78. The van der Waals surface area contributed by atoms with E-state index in [4.69, 9.17) is 0 Å². The summed E-state index contributed by atoms with van der Waals surface area (Å²) in [6, 6.07) is 13.8. The van der Waals surface area contributed by atoms with Crippen LogP contribution in [-0.4, -0.2) is 0 Å². The fourth-order valence-electron chi connectivity index (χ4n) is 5.40. The number of allylic oxidation sites excluding steroid dienone is 4. The smallest absolute Gasteiger partial charge is 0.00330 e. The summed E-state index contributed by atoms with van der Waals surface area (Å²) in [5, 5.41) is 0. The summed E-state index contributed by atoms with van der Waals surface area (Å²) in [5.74, 6) is 1.74. The second-order valence-corrected chi connectivity index (χ2v) is 9.40. The molecule has 1 unspecified atom stereocenters. The molecular weight excluding hydrogens is 336 g/mol. The fraction of sp³-hybridized carbons (Fsp3) is 0.429. The second-order valence-electron chi connectivity index (χ2n) is 9.40. The highest BCUT2D eigenvalue weighted by atomic mass is 14.3. The maximum Gasteiger partial charge on any atom is 0.00330 e. The summed E-state index contributed by atoms with van der Waals surface area (Å²) in [7, 11) is 0. The van der Waals surface area contributed by atoms with Gasteiger partial charge in [0.25, 0.3) is 0 Å². The average Bonchev–Trinajstić information content (AvgIpc) is 3.17. The van der Waals surface area contributed by atoms with Crippen molar-refractivity contribution in [2.45, 2.75) is 78.6 Å². The summed E-state index contributed by atoms with van der Waals surface area (Å²) in [6.45, 7) is 13.9. The van der Waals surface area contributed by atoms with Crippen LogP contribution in [0.1, 0.15) is 106 Å². The molecule has 2 aromatic rings. The van der Waals surface area contributed by atoms with Crippen LogP contribution in [0.25, 0.3) is 11.1 Å². The third-order valence-electron chi connectivity index (χ3n) is 6.87. The molecule has 2 aliphatic rings. The number of fused-ring (bicyclic) bond motifs is 2. The number of benzene rings is 2. The summed E-state index contributed by atoms with van der Waals surface area (Å²) >= 11 is 0.